The lowest BCUT2D eigenvalue weighted by molar-refractivity contribution is 0.734. The SMILES string of the molecule is CCCCN/C=C/N. The highest BCUT2D eigenvalue weighted by Crippen LogP contribution is 1.80. The van der Waals surface area contributed by atoms with E-state index in [4.69, 9.17) is 5.73 Å². The molecule has 0 aromatic heterocycles. The first-order valence-corrected chi connectivity index (χ1v) is 3.02. The van der Waals surface area contributed by atoms with Gasteiger partial charge in [-0.3, -0.25) is 0 Å². The van der Waals surface area contributed by atoms with Crippen LogP contribution in [0, 0.1) is 0 Å². The van der Waals surface area contributed by atoms with Gasteiger partial charge in [-0.15, -0.1) is 0 Å². The maximum absolute atomic E-state index is 5.07. The Morgan fingerprint density at radius 3 is 2.88 bits per heavy atom. The zero-order valence-corrected chi connectivity index (χ0v) is 5.35. The number of hydrogen-bond donors (Lipinski definition) is 2. The molecule has 0 fully saturated rings. The standard InChI is InChI=1S/C6H14N2/c1-2-3-5-8-6-4-7/h4,6,8H,2-3,5,7H2,1H3/b6-4+. The molecule has 0 aromatic carbocycles. The zero-order chi connectivity index (χ0) is 6.24. The average molecular weight is 114 g/mol. The number of unbranched alkanes of at least 4 members (excludes halogenated alkanes) is 1. The van der Waals surface area contributed by atoms with Gasteiger partial charge in [0.1, 0.15) is 0 Å². The van der Waals surface area contributed by atoms with E-state index in [2.05, 4.69) is 12.2 Å². The summed E-state index contributed by atoms with van der Waals surface area (Å²) in [7, 11) is 0. The summed E-state index contributed by atoms with van der Waals surface area (Å²) in [5.41, 5.74) is 5.07. The third-order valence-electron chi connectivity index (χ3n) is 0.889. The topological polar surface area (TPSA) is 38.0 Å². The highest BCUT2D eigenvalue weighted by molar-refractivity contribution is 4.71. The molecule has 2 nitrogen and oxygen atoms in total. The summed E-state index contributed by atoms with van der Waals surface area (Å²) in [6, 6.07) is 0. The fraction of sp³-hybridized carbons (Fsp3) is 0.667. The Kier molecular flexibility index (Phi) is 5.82. The minimum Gasteiger partial charge on any atom is -0.403 e. The monoisotopic (exact) mass is 114 g/mol. The lowest BCUT2D eigenvalue weighted by atomic mass is 10.3. The molecule has 2 heteroatoms. The quantitative estimate of drug-likeness (QED) is 0.531. The fourth-order valence-corrected chi connectivity index (χ4v) is 0.430. The Hall–Kier alpha value is -0.660. The Morgan fingerprint density at radius 1 is 1.62 bits per heavy atom. The van der Waals surface area contributed by atoms with E-state index < -0.39 is 0 Å². The van der Waals surface area contributed by atoms with Crippen LogP contribution in [0.2, 0.25) is 0 Å². The van der Waals surface area contributed by atoms with Crippen molar-refractivity contribution in [3.8, 4) is 0 Å². The minimum absolute atomic E-state index is 1.03. The van der Waals surface area contributed by atoms with Crippen LogP contribution in [0.25, 0.3) is 0 Å². The molecule has 48 valence electrons. The van der Waals surface area contributed by atoms with Crippen molar-refractivity contribution in [1.82, 2.24) is 5.32 Å². The Bertz CT molecular complexity index is 59.5. The van der Waals surface area contributed by atoms with Crippen LogP contribution in [0.1, 0.15) is 19.8 Å². The van der Waals surface area contributed by atoms with Gasteiger partial charge in [0, 0.05) is 18.9 Å². The summed E-state index contributed by atoms with van der Waals surface area (Å²) in [4.78, 5) is 0. The van der Waals surface area contributed by atoms with Gasteiger partial charge in [0.25, 0.3) is 0 Å². The van der Waals surface area contributed by atoms with Crippen LogP contribution in [-0.4, -0.2) is 6.54 Å². The summed E-state index contributed by atoms with van der Waals surface area (Å²) in [6.07, 6.45) is 5.71. The van der Waals surface area contributed by atoms with E-state index >= 15 is 0 Å². The summed E-state index contributed by atoms with van der Waals surface area (Å²) in [6.45, 7) is 3.19. The first kappa shape index (κ1) is 7.34. The molecular weight excluding hydrogens is 100 g/mol. The summed E-state index contributed by atoms with van der Waals surface area (Å²) < 4.78 is 0. The Morgan fingerprint density at radius 2 is 2.38 bits per heavy atom. The van der Waals surface area contributed by atoms with E-state index in [-0.39, 0.29) is 0 Å². The van der Waals surface area contributed by atoms with Crippen molar-refractivity contribution in [3.05, 3.63) is 12.4 Å². The minimum atomic E-state index is 1.03. The highest BCUT2D eigenvalue weighted by Gasteiger charge is 1.75. The molecule has 0 unspecified atom stereocenters. The molecule has 0 radical (unpaired) electrons. The van der Waals surface area contributed by atoms with Gasteiger partial charge in [-0.2, -0.15) is 0 Å². The first-order valence-electron chi connectivity index (χ1n) is 3.02. The molecule has 0 bridgehead atoms. The zero-order valence-electron chi connectivity index (χ0n) is 5.35. The van der Waals surface area contributed by atoms with Gasteiger partial charge in [-0.1, -0.05) is 13.3 Å². The van der Waals surface area contributed by atoms with Gasteiger partial charge >= 0.3 is 0 Å². The van der Waals surface area contributed by atoms with Gasteiger partial charge in [-0.05, 0) is 6.42 Å². The smallest absolute Gasteiger partial charge is 0.0141 e. The molecule has 0 heterocycles. The molecule has 0 spiro atoms. The summed E-state index contributed by atoms with van der Waals surface area (Å²) >= 11 is 0. The molecule has 8 heavy (non-hydrogen) atoms. The Balaban J connectivity index is 2.72. The molecular formula is C6H14N2. The molecule has 3 N–H and O–H groups in total. The molecule has 0 atom stereocenters. The molecule has 0 saturated carbocycles. The fourth-order valence-electron chi connectivity index (χ4n) is 0.430. The predicted octanol–water partition coefficient (Wildman–Crippen LogP) is 0.806. The van der Waals surface area contributed by atoms with Crippen molar-refractivity contribution in [3.63, 3.8) is 0 Å². The van der Waals surface area contributed by atoms with E-state index in [1.54, 1.807) is 6.20 Å². The third-order valence-corrected chi connectivity index (χ3v) is 0.889. The van der Waals surface area contributed by atoms with Crippen LogP contribution in [0.4, 0.5) is 0 Å². The first-order chi connectivity index (χ1) is 3.91. The number of nitrogens with one attached hydrogen (secondary N) is 1. The maximum atomic E-state index is 5.07. The highest BCUT2D eigenvalue weighted by atomic mass is 14.8. The molecule has 0 saturated heterocycles. The number of nitrogens with two attached hydrogens (primary N) is 1. The van der Waals surface area contributed by atoms with Crippen LogP contribution >= 0.6 is 0 Å². The normalized spacial score (nSPS) is 10.1. The number of hydrogen-bond acceptors (Lipinski definition) is 2. The van der Waals surface area contributed by atoms with E-state index in [9.17, 15) is 0 Å². The lowest BCUT2D eigenvalue weighted by Gasteiger charge is -1.94. The molecule has 0 rings (SSSR count). The van der Waals surface area contributed by atoms with Gasteiger partial charge in [0.2, 0.25) is 0 Å². The maximum Gasteiger partial charge on any atom is 0.0141 e. The van der Waals surface area contributed by atoms with Crippen LogP contribution in [0.5, 0.6) is 0 Å². The molecule has 0 amide bonds. The van der Waals surface area contributed by atoms with Crippen molar-refractivity contribution in [1.29, 1.82) is 0 Å². The molecule has 0 aliphatic heterocycles. The largest absolute Gasteiger partial charge is 0.403 e. The molecule has 0 aliphatic rings. The average Bonchev–Trinajstić information content (AvgIpc) is 1.81. The van der Waals surface area contributed by atoms with Crippen molar-refractivity contribution < 1.29 is 0 Å². The van der Waals surface area contributed by atoms with Crippen LogP contribution in [0.3, 0.4) is 0 Å². The summed E-state index contributed by atoms with van der Waals surface area (Å²) in [5.74, 6) is 0. The lowest BCUT2D eigenvalue weighted by Crippen LogP contribution is -2.06. The van der Waals surface area contributed by atoms with E-state index in [1.165, 1.54) is 19.0 Å². The van der Waals surface area contributed by atoms with E-state index in [1.807, 2.05) is 0 Å². The van der Waals surface area contributed by atoms with Crippen LogP contribution in [-0.2, 0) is 0 Å². The molecule has 0 aromatic rings. The van der Waals surface area contributed by atoms with Gasteiger partial charge < -0.3 is 11.1 Å². The van der Waals surface area contributed by atoms with Gasteiger partial charge in [0.15, 0.2) is 0 Å². The second-order valence-corrected chi connectivity index (χ2v) is 1.67. The number of rotatable bonds is 4. The molecule has 0 aliphatic carbocycles. The van der Waals surface area contributed by atoms with Gasteiger partial charge in [0.05, 0.1) is 0 Å². The van der Waals surface area contributed by atoms with Crippen LogP contribution in [0.15, 0.2) is 12.4 Å². The summed E-state index contributed by atoms with van der Waals surface area (Å²) in [5, 5.41) is 3.03. The van der Waals surface area contributed by atoms with Crippen molar-refractivity contribution in [2.75, 3.05) is 6.54 Å². The van der Waals surface area contributed by atoms with Crippen molar-refractivity contribution in [2.24, 2.45) is 5.73 Å². The van der Waals surface area contributed by atoms with E-state index in [0.717, 1.165) is 6.54 Å². The van der Waals surface area contributed by atoms with Crippen molar-refractivity contribution >= 4 is 0 Å². The van der Waals surface area contributed by atoms with E-state index in [0.29, 0.717) is 0 Å². The predicted molar refractivity (Wildman–Crippen MR) is 36.2 cm³/mol. The van der Waals surface area contributed by atoms with Crippen molar-refractivity contribution in [2.45, 2.75) is 19.8 Å². The second kappa shape index (κ2) is 6.34. The Labute approximate surface area is 50.8 Å². The second-order valence-electron chi connectivity index (χ2n) is 1.67. The van der Waals surface area contributed by atoms with Crippen LogP contribution < -0.4 is 11.1 Å². The van der Waals surface area contributed by atoms with Gasteiger partial charge in [-0.25, -0.2) is 0 Å². The third kappa shape index (κ3) is 5.34.